The fourth-order valence-electron chi connectivity index (χ4n) is 10.7. The number of carbonyl (C=O) groups is 6. The number of Topliss-reactive ketones (excluding diaryl/α,β-unsaturated/α-hetero) is 2. The van der Waals surface area contributed by atoms with E-state index >= 15 is 0 Å². The number of ketones is 2. The smallest absolute Gasteiger partial charge is 0.303 e. The van der Waals surface area contributed by atoms with E-state index in [0.717, 1.165) is 31.2 Å². The summed E-state index contributed by atoms with van der Waals surface area (Å²) in [5.41, 5.74) is 0.133. The van der Waals surface area contributed by atoms with E-state index < -0.39 is 47.5 Å². The normalized spacial score (nSPS) is 23.3. The summed E-state index contributed by atoms with van der Waals surface area (Å²) < 4.78 is 12.2. The lowest BCUT2D eigenvalue weighted by Gasteiger charge is -2.41. The van der Waals surface area contributed by atoms with E-state index in [0.29, 0.717) is 45.5 Å². The molecule has 2 heterocycles. The lowest BCUT2D eigenvalue weighted by Crippen LogP contribution is -2.54. The van der Waals surface area contributed by atoms with Crippen molar-refractivity contribution in [3.63, 3.8) is 0 Å². The van der Waals surface area contributed by atoms with Gasteiger partial charge in [0.2, 0.25) is 11.8 Å². The van der Waals surface area contributed by atoms with Crippen LogP contribution in [0.3, 0.4) is 0 Å². The summed E-state index contributed by atoms with van der Waals surface area (Å²) in [5, 5.41) is 10.6. The Morgan fingerprint density at radius 3 is 2.14 bits per heavy atom. The van der Waals surface area contributed by atoms with Gasteiger partial charge in [0.25, 0.3) is 5.91 Å². The first-order valence-corrected chi connectivity index (χ1v) is 23.9. The van der Waals surface area contributed by atoms with E-state index in [1.807, 2.05) is 95.6 Å². The second-order valence-electron chi connectivity index (χ2n) is 19.7. The number of hydrogen-bond donors (Lipinski definition) is 1. The summed E-state index contributed by atoms with van der Waals surface area (Å²) in [6.07, 6.45) is 3.69. The lowest BCUT2D eigenvalue weighted by molar-refractivity contribution is -0.203. The third-order valence-electron chi connectivity index (χ3n) is 14.7. The average Bonchev–Trinajstić information content (AvgIpc) is 3.79. The number of carbonyl (C=O) groups excluding carboxylic acids is 5. The molecular weight excluding hydrogens is 817 g/mol. The van der Waals surface area contributed by atoms with Crippen LogP contribution in [0.15, 0.2) is 30.3 Å². The number of likely N-dealkylation sites (N-methyl/N-ethyl adjacent to an activating group) is 2. The highest BCUT2D eigenvalue weighted by molar-refractivity contribution is 5.94. The van der Waals surface area contributed by atoms with E-state index in [2.05, 4.69) is 0 Å². The number of carboxylic acids is 1. The van der Waals surface area contributed by atoms with Crippen molar-refractivity contribution in [1.29, 1.82) is 0 Å². The predicted molar refractivity (Wildman–Crippen MR) is 245 cm³/mol. The third kappa shape index (κ3) is 12.8. The Morgan fingerprint density at radius 2 is 1.58 bits per heavy atom. The minimum Gasteiger partial charge on any atom is -0.481 e. The molecule has 1 N–H and O–H groups in total. The molecule has 14 heteroatoms. The summed E-state index contributed by atoms with van der Waals surface area (Å²) >= 11 is 0. The van der Waals surface area contributed by atoms with Crippen molar-refractivity contribution in [1.82, 2.24) is 19.8 Å². The van der Waals surface area contributed by atoms with E-state index in [1.54, 1.807) is 26.2 Å². The lowest BCUT2D eigenvalue weighted by atomic mass is 9.83. The molecule has 2 saturated heterocycles. The number of ether oxygens (including phenoxy) is 2. The number of hydrogen-bond acceptors (Lipinski definition) is 10. The zero-order chi connectivity index (χ0) is 47.5. The number of nitrogens with zero attached hydrogens (tertiary/aromatic N) is 4. The summed E-state index contributed by atoms with van der Waals surface area (Å²) in [4.78, 5) is 94.0. The maximum absolute atomic E-state index is 14.6. The zero-order valence-electron chi connectivity index (χ0n) is 40.8. The van der Waals surface area contributed by atoms with Gasteiger partial charge in [-0.25, -0.2) is 5.06 Å². The van der Waals surface area contributed by atoms with E-state index in [1.165, 1.54) is 5.06 Å². The fourth-order valence-corrected chi connectivity index (χ4v) is 10.7. The van der Waals surface area contributed by atoms with Crippen LogP contribution in [0.2, 0.25) is 0 Å². The van der Waals surface area contributed by atoms with Crippen molar-refractivity contribution < 1.29 is 48.2 Å². The molecule has 1 aliphatic carbocycles. The van der Waals surface area contributed by atoms with E-state index in [-0.39, 0.29) is 84.7 Å². The van der Waals surface area contributed by atoms with Crippen LogP contribution < -0.4 is 0 Å². The van der Waals surface area contributed by atoms with Crippen molar-refractivity contribution in [3.05, 3.63) is 35.9 Å². The minimum absolute atomic E-state index is 0.00638. The first kappa shape index (κ1) is 52.9. The Hall–Kier alpha value is -3.72. The SMILES string of the molecule is CC[C@H](C)[C@@H]([C@@H](CC(=O)N1CCC[C@H]1[C@H](OC)[C@@H](C)C(=O)C[C@@]1(C(=O)N2CCCCO2)C[C@@H]1c1ccccc1)OC)N(C)C(=O)[C@@H](CC(=O)[C@H](C(C)C)N(C)CCCC(=O)O)C(C)C. The minimum atomic E-state index is -0.898. The van der Waals surface area contributed by atoms with Crippen molar-refractivity contribution in [2.45, 2.75) is 155 Å². The van der Waals surface area contributed by atoms with Gasteiger partial charge in [-0.15, -0.1) is 0 Å². The van der Waals surface area contributed by atoms with Crippen molar-refractivity contribution >= 4 is 35.3 Å². The van der Waals surface area contributed by atoms with Gasteiger partial charge < -0.3 is 24.4 Å². The van der Waals surface area contributed by atoms with Gasteiger partial charge in [0, 0.05) is 65.5 Å². The summed E-state index contributed by atoms with van der Waals surface area (Å²) in [6, 6.07) is 8.56. The maximum atomic E-state index is 14.6. The molecule has 64 heavy (non-hydrogen) atoms. The Bertz CT molecular complexity index is 1720. The Kier molecular flexibility index (Phi) is 20.0. The molecule has 3 fully saturated rings. The molecule has 4 rings (SSSR count). The Labute approximate surface area is 383 Å². The van der Waals surface area contributed by atoms with Gasteiger partial charge >= 0.3 is 5.97 Å². The molecule has 0 radical (unpaired) electrons. The van der Waals surface area contributed by atoms with Gasteiger partial charge in [-0.3, -0.25) is 38.5 Å². The molecule has 0 aromatic heterocycles. The van der Waals surface area contributed by atoms with Crippen LogP contribution >= 0.6 is 0 Å². The molecule has 0 spiro atoms. The highest BCUT2D eigenvalue weighted by Gasteiger charge is 2.63. The zero-order valence-corrected chi connectivity index (χ0v) is 40.8. The van der Waals surface area contributed by atoms with Gasteiger partial charge in [-0.1, -0.05) is 85.2 Å². The van der Waals surface area contributed by atoms with Gasteiger partial charge in [0.1, 0.15) is 5.78 Å². The molecule has 3 aliphatic rings. The van der Waals surface area contributed by atoms with Gasteiger partial charge in [0.15, 0.2) is 5.78 Å². The number of methoxy groups -OCH3 is 2. The number of carboxylic acid groups (broad SMARTS) is 1. The molecule has 2 aliphatic heterocycles. The number of amides is 3. The standard InChI is InChI=1S/C50H80N4O10/c1-12-34(6)46(52(9)48(60)37(32(2)3)28-40(55)45(33(4)5)51(8)24-19-23-44(58)59)42(62-10)29-43(57)53-25-18-22-39(53)47(63-11)35(7)41(56)31-50(49(61)54-26-16-17-27-64-54)30-38(50)36-20-14-13-15-21-36/h13-15,20-21,32-35,37-39,42,45-47H,12,16-19,22-31H2,1-11H3,(H,58,59)/t34-,35-,37-,38+,39-,42+,45-,46-,47+,50-/m0/s1. The van der Waals surface area contributed by atoms with Crippen LogP contribution in [-0.4, -0.2) is 145 Å². The van der Waals surface area contributed by atoms with Gasteiger partial charge in [-0.05, 0) is 81.4 Å². The quantitative estimate of drug-likeness (QED) is 0.106. The largest absolute Gasteiger partial charge is 0.481 e. The molecule has 10 atom stereocenters. The molecule has 0 unspecified atom stereocenters. The van der Waals surface area contributed by atoms with E-state index in [4.69, 9.17) is 19.4 Å². The summed E-state index contributed by atoms with van der Waals surface area (Å²) in [6.45, 7) is 15.7. The van der Waals surface area contributed by atoms with Crippen molar-refractivity contribution in [2.24, 2.45) is 35.0 Å². The second kappa shape index (κ2) is 24.2. The molecular formula is C50H80N4O10. The van der Waals surface area contributed by atoms with Gasteiger partial charge in [0.05, 0.1) is 48.8 Å². The van der Waals surface area contributed by atoms with E-state index in [9.17, 15) is 28.8 Å². The number of aliphatic carboxylic acids is 1. The Morgan fingerprint density at radius 1 is 0.891 bits per heavy atom. The second-order valence-corrected chi connectivity index (χ2v) is 19.7. The number of likely N-dealkylation sites (tertiary alicyclic amines) is 1. The highest BCUT2D eigenvalue weighted by atomic mass is 16.7. The fraction of sp³-hybridized carbons (Fsp3) is 0.760. The number of hydroxylamine groups is 2. The maximum Gasteiger partial charge on any atom is 0.303 e. The summed E-state index contributed by atoms with van der Waals surface area (Å²) in [7, 11) is 6.73. The monoisotopic (exact) mass is 897 g/mol. The van der Waals surface area contributed by atoms with Crippen LogP contribution in [0.4, 0.5) is 0 Å². The van der Waals surface area contributed by atoms with Crippen LogP contribution in [0.5, 0.6) is 0 Å². The molecule has 14 nitrogen and oxygen atoms in total. The Balaban J connectivity index is 1.50. The first-order chi connectivity index (χ1) is 30.3. The third-order valence-corrected chi connectivity index (χ3v) is 14.7. The topological polar surface area (TPSA) is 163 Å². The summed E-state index contributed by atoms with van der Waals surface area (Å²) in [5.74, 6) is -3.04. The van der Waals surface area contributed by atoms with Crippen LogP contribution in [0, 0.1) is 35.0 Å². The molecule has 0 bridgehead atoms. The molecule has 1 aromatic rings. The molecule has 3 amide bonds. The highest BCUT2D eigenvalue weighted by Crippen LogP contribution is 2.63. The van der Waals surface area contributed by atoms with Crippen molar-refractivity contribution in [2.75, 3.05) is 54.6 Å². The van der Waals surface area contributed by atoms with Crippen LogP contribution in [0.25, 0.3) is 0 Å². The number of benzene rings is 1. The predicted octanol–water partition coefficient (Wildman–Crippen LogP) is 6.65. The van der Waals surface area contributed by atoms with Crippen molar-refractivity contribution in [3.8, 4) is 0 Å². The van der Waals surface area contributed by atoms with Gasteiger partial charge in [-0.2, -0.15) is 0 Å². The molecule has 1 aromatic carbocycles. The molecule has 360 valence electrons. The molecule has 1 saturated carbocycles. The number of rotatable bonds is 26. The first-order valence-electron chi connectivity index (χ1n) is 23.9. The van der Waals surface area contributed by atoms with Crippen LogP contribution in [0.1, 0.15) is 131 Å². The van der Waals surface area contributed by atoms with Crippen LogP contribution in [-0.2, 0) is 43.1 Å². The average molecular weight is 897 g/mol.